The van der Waals surface area contributed by atoms with Gasteiger partial charge in [0.1, 0.15) is 0 Å². The Hall–Kier alpha value is -0.610. The third-order valence-electron chi connectivity index (χ3n) is 3.28. The van der Waals surface area contributed by atoms with E-state index in [-0.39, 0.29) is 24.5 Å². The minimum atomic E-state index is 0.0489. The Balaban J connectivity index is 2.45. The van der Waals surface area contributed by atoms with Crippen molar-refractivity contribution in [2.45, 2.75) is 38.6 Å². The molecule has 1 rings (SSSR count). The van der Waals surface area contributed by atoms with Crippen molar-refractivity contribution in [1.82, 2.24) is 4.90 Å². The molecule has 0 aromatic rings. The van der Waals surface area contributed by atoms with Crippen molar-refractivity contribution in [1.29, 1.82) is 0 Å². The predicted octanol–water partition coefficient (Wildman–Crippen LogP) is 0.345. The van der Waals surface area contributed by atoms with Gasteiger partial charge in [-0.25, -0.2) is 0 Å². The van der Waals surface area contributed by atoms with E-state index < -0.39 is 0 Å². The summed E-state index contributed by atoms with van der Waals surface area (Å²) in [6.45, 7) is 3.51. The van der Waals surface area contributed by atoms with Crippen LogP contribution < -0.4 is 5.73 Å². The van der Waals surface area contributed by atoms with Crippen LogP contribution in [0.25, 0.3) is 0 Å². The summed E-state index contributed by atoms with van der Waals surface area (Å²) < 4.78 is 0. The van der Waals surface area contributed by atoms with Crippen LogP contribution in [0.4, 0.5) is 0 Å². The van der Waals surface area contributed by atoms with Crippen LogP contribution in [0.5, 0.6) is 0 Å². The number of likely N-dealkylation sites (tertiary alicyclic amines) is 1. The molecule has 0 aromatic heterocycles. The lowest BCUT2D eigenvalue weighted by atomic mass is 10.0. The lowest BCUT2D eigenvalue weighted by molar-refractivity contribution is -0.133. The average molecular weight is 214 g/mol. The molecule has 0 saturated carbocycles. The van der Waals surface area contributed by atoms with E-state index in [4.69, 9.17) is 10.8 Å². The van der Waals surface area contributed by atoms with Crippen LogP contribution >= 0.6 is 0 Å². The third kappa shape index (κ3) is 3.18. The van der Waals surface area contributed by atoms with Gasteiger partial charge in [-0.2, -0.15) is 0 Å². The van der Waals surface area contributed by atoms with Gasteiger partial charge < -0.3 is 15.7 Å². The first-order valence-electron chi connectivity index (χ1n) is 5.83. The number of carbonyl (C=O) groups is 1. The molecule has 1 saturated heterocycles. The summed E-state index contributed by atoms with van der Waals surface area (Å²) in [5.41, 5.74) is 5.58. The Labute approximate surface area is 91.4 Å². The zero-order valence-corrected chi connectivity index (χ0v) is 9.48. The van der Waals surface area contributed by atoms with Crippen LogP contribution in [0.15, 0.2) is 0 Å². The van der Waals surface area contributed by atoms with E-state index in [9.17, 15) is 4.79 Å². The van der Waals surface area contributed by atoms with Crippen LogP contribution in [0.3, 0.4) is 0 Å². The molecule has 4 heteroatoms. The fourth-order valence-corrected chi connectivity index (χ4v) is 2.11. The third-order valence-corrected chi connectivity index (χ3v) is 3.28. The van der Waals surface area contributed by atoms with Gasteiger partial charge in [-0.3, -0.25) is 4.79 Å². The highest BCUT2D eigenvalue weighted by molar-refractivity contribution is 5.77. The summed E-state index contributed by atoms with van der Waals surface area (Å²) in [5, 5.41) is 9.12. The van der Waals surface area contributed by atoms with Gasteiger partial charge in [0.15, 0.2) is 0 Å². The van der Waals surface area contributed by atoms with Crippen molar-refractivity contribution in [2.24, 2.45) is 11.7 Å². The Morgan fingerprint density at radius 2 is 2.40 bits per heavy atom. The van der Waals surface area contributed by atoms with Gasteiger partial charge in [-0.05, 0) is 25.3 Å². The van der Waals surface area contributed by atoms with E-state index in [1.807, 2.05) is 4.90 Å². The van der Waals surface area contributed by atoms with Crippen LogP contribution in [-0.4, -0.2) is 41.7 Å². The zero-order valence-electron chi connectivity index (χ0n) is 9.48. The maximum Gasteiger partial charge on any atom is 0.223 e. The number of aliphatic hydroxyl groups excluding tert-OH is 1. The number of hydrogen-bond acceptors (Lipinski definition) is 3. The smallest absolute Gasteiger partial charge is 0.223 e. The Kier molecular flexibility index (Phi) is 5.05. The normalized spacial score (nSPS) is 23.1. The molecular weight excluding hydrogens is 192 g/mol. The second-order valence-corrected chi connectivity index (χ2v) is 4.28. The number of nitrogens with two attached hydrogens (primary N) is 1. The van der Waals surface area contributed by atoms with Crippen molar-refractivity contribution in [3.63, 3.8) is 0 Å². The van der Waals surface area contributed by atoms with Crippen LogP contribution in [0.1, 0.15) is 32.6 Å². The summed E-state index contributed by atoms with van der Waals surface area (Å²) in [4.78, 5) is 13.7. The molecule has 4 nitrogen and oxygen atoms in total. The van der Waals surface area contributed by atoms with E-state index in [2.05, 4.69) is 6.92 Å². The van der Waals surface area contributed by atoms with Gasteiger partial charge in [0, 0.05) is 13.0 Å². The standard InChI is InChI=1S/C11H22N2O2/c1-2-9(7-12)6-11(15)13-5-3-4-10(13)8-14/h9-10,14H,2-8,12H2,1H3/t9?,10-/m0/s1. The van der Waals surface area contributed by atoms with Crippen molar-refractivity contribution in [2.75, 3.05) is 19.7 Å². The van der Waals surface area contributed by atoms with Crippen LogP contribution in [0, 0.1) is 5.92 Å². The topological polar surface area (TPSA) is 66.6 Å². The summed E-state index contributed by atoms with van der Waals surface area (Å²) in [7, 11) is 0. The SMILES string of the molecule is CCC(CN)CC(=O)N1CCC[C@H]1CO. The molecule has 0 spiro atoms. The highest BCUT2D eigenvalue weighted by Gasteiger charge is 2.28. The first kappa shape index (κ1) is 12.5. The maximum atomic E-state index is 11.9. The van der Waals surface area contributed by atoms with E-state index in [0.717, 1.165) is 25.8 Å². The Bertz CT molecular complexity index is 205. The first-order chi connectivity index (χ1) is 7.22. The number of rotatable bonds is 5. The quantitative estimate of drug-likeness (QED) is 0.693. The van der Waals surface area contributed by atoms with E-state index in [0.29, 0.717) is 13.0 Å². The van der Waals surface area contributed by atoms with Crippen molar-refractivity contribution < 1.29 is 9.90 Å². The van der Waals surface area contributed by atoms with Crippen molar-refractivity contribution in [3.05, 3.63) is 0 Å². The molecule has 2 atom stereocenters. The Morgan fingerprint density at radius 3 is 2.93 bits per heavy atom. The number of aliphatic hydroxyl groups is 1. The lowest BCUT2D eigenvalue weighted by Gasteiger charge is -2.24. The molecule has 15 heavy (non-hydrogen) atoms. The molecule has 0 aliphatic carbocycles. The summed E-state index contributed by atoms with van der Waals surface area (Å²) >= 11 is 0. The van der Waals surface area contributed by atoms with E-state index in [1.165, 1.54) is 0 Å². The second kappa shape index (κ2) is 6.08. The fourth-order valence-electron chi connectivity index (χ4n) is 2.11. The summed E-state index contributed by atoms with van der Waals surface area (Å²) in [6, 6.07) is 0.0489. The molecule has 1 aliphatic heterocycles. The lowest BCUT2D eigenvalue weighted by Crippen LogP contribution is -2.39. The largest absolute Gasteiger partial charge is 0.394 e. The van der Waals surface area contributed by atoms with Crippen molar-refractivity contribution >= 4 is 5.91 Å². The monoisotopic (exact) mass is 214 g/mol. The van der Waals surface area contributed by atoms with Gasteiger partial charge in [0.05, 0.1) is 12.6 Å². The second-order valence-electron chi connectivity index (χ2n) is 4.28. The van der Waals surface area contributed by atoms with Gasteiger partial charge in [0.2, 0.25) is 5.91 Å². The summed E-state index contributed by atoms with van der Waals surface area (Å²) in [6.07, 6.45) is 3.42. The molecule has 1 heterocycles. The number of amides is 1. The van der Waals surface area contributed by atoms with E-state index in [1.54, 1.807) is 0 Å². The Morgan fingerprint density at radius 1 is 1.67 bits per heavy atom. The molecule has 0 bridgehead atoms. The number of hydrogen-bond donors (Lipinski definition) is 2. The summed E-state index contributed by atoms with van der Waals surface area (Å²) in [5.74, 6) is 0.446. The van der Waals surface area contributed by atoms with E-state index >= 15 is 0 Å². The zero-order chi connectivity index (χ0) is 11.3. The average Bonchev–Trinajstić information content (AvgIpc) is 2.73. The van der Waals surface area contributed by atoms with Gasteiger partial charge >= 0.3 is 0 Å². The molecule has 1 fully saturated rings. The fraction of sp³-hybridized carbons (Fsp3) is 0.909. The number of carbonyl (C=O) groups excluding carboxylic acids is 1. The predicted molar refractivity (Wildman–Crippen MR) is 59.3 cm³/mol. The minimum absolute atomic E-state index is 0.0489. The highest BCUT2D eigenvalue weighted by atomic mass is 16.3. The highest BCUT2D eigenvalue weighted by Crippen LogP contribution is 2.19. The maximum absolute atomic E-state index is 11.9. The van der Waals surface area contributed by atoms with Gasteiger partial charge in [-0.1, -0.05) is 13.3 Å². The van der Waals surface area contributed by atoms with Crippen LogP contribution in [-0.2, 0) is 4.79 Å². The molecule has 0 aromatic carbocycles. The molecule has 1 amide bonds. The molecular formula is C11H22N2O2. The molecule has 1 unspecified atom stereocenters. The van der Waals surface area contributed by atoms with Gasteiger partial charge in [-0.15, -0.1) is 0 Å². The molecule has 1 aliphatic rings. The van der Waals surface area contributed by atoms with Gasteiger partial charge in [0.25, 0.3) is 0 Å². The minimum Gasteiger partial charge on any atom is -0.394 e. The molecule has 0 radical (unpaired) electrons. The number of nitrogens with zero attached hydrogens (tertiary/aromatic N) is 1. The van der Waals surface area contributed by atoms with Crippen LogP contribution in [0.2, 0.25) is 0 Å². The first-order valence-corrected chi connectivity index (χ1v) is 5.83. The van der Waals surface area contributed by atoms with Crippen molar-refractivity contribution in [3.8, 4) is 0 Å². The molecule has 88 valence electrons. The molecule has 3 N–H and O–H groups in total.